The molecule has 0 spiro atoms. The van der Waals surface area contributed by atoms with Gasteiger partial charge in [-0.2, -0.15) is 13.2 Å². The summed E-state index contributed by atoms with van der Waals surface area (Å²) >= 11 is 4.34. The molecular formula is C12H10BrF3N2OS. The van der Waals surface area contributed by atoms with Crippen LogP contribution < -0.4 is 0 Å². The molecule has 0 aliphatic carbocycles. The fourth-order valence-corrected chi connectivity index (χ4v) is 2.83. The van der Waals surface area contributed by atoms with Crippen molar-refractivity contribution in [2.24, 2.45) is 0 Å². The fourth-order valence-electron chi connectivity index (χ4n) is 1.71. The van der Waals surface area contributed by atoms with E-state index in [9.17, 15) is 18.0 Å². The number of rotatable bonds is 4. The maximum absolute atomic E-state index is 12.7. The van der Waals surface area contributed by atoms with Gasteiger partial charge in [0.2, 0.25) is 0 Å². The van der Waals surface area contributed by atoms with E-state index >= 15 is 0 Å². The minimum Gasteiger partial charge on any atom is -0.293 e. The van der Waals surface area contributed by atoms with Gasteiger partial charge in [0.15, 0.2) is 5.78 Å². The normalized spacial score (nSPS) is 12.1. The number of hydrogen-bond donors (Lipinski definition) is 0. The molecule has 0 bridgehead atoms. The third kappa shape index (κ3) is 2.85. The number of imidazole rings is 1. The van der Waals surface area contributed by atoms with Crippen molar-refractivity contribution in [2.75, 3.05) is 11.1 Å². The highest BCUT2D eigenvalue weighted by atomic mass is 79.9. The number of aromatic nitrogens is 2. The summed E-state index contributed by atoms with van der Waals surface area (Å²) in [5, 5.41) is 0.526. The number of pyridine rings is 1. The van der Waals surface area contributed by atoms with Crippen LogP contribution in [-0.4, -0.2) is 26.3 Å². The second kappa shape index (κ2) is 5.77. The number of carbonyl (C=O) groups is 1. The molecule has 0 amide bonds. The monoisotopic (exact) mass is 366 g/mol. The first-order valence-corrected chi connectivity index (χ1v) is 7.80. The number of Topliss-reactive ketones (excluding diaryl/α,β-unsaturated/α-hetero) is 1. The van der Waals surface area contributed by atoms with Crippen LogP contribution in [0.1, 0.15) is 23.0 Å². The zero-order valence-corrected chi connectivity index (χ0v) is 12.8. The fraction of sp³-hybridized carbons (Fsp3) is 0.333. The first kappa shape index (κ1) is 15.4. The zero-order valence-electron chi connectivity index (χ0n) is 10.4. The van der Waals surface area contributed by atoms with Crippen molar-refractivity contribution in [3.8, 4) is 0 Å². The first-order chi connectivity index (χ1) is 9.38. The molecule has 20 heavy (non-hydrogen) atoms. The Balaban J connectivity index is 2.67. The minimum absolute atomic E-state index is 0.0836. The molecule has 0 aliphatic rings. The molecule has 8 heteroatoms. The van der Waals surface area contributed by atoms with E-state index in [1.54, 1.807) is 0 Å². The van der Waals surface area contributed by atoms with Crippen LogP contribution in [0.15, 0.2) is 23.4 Å². The van der Waals surface area contributed by atoms with Gasteiger partial charge >= 0.3 is 6.18 Å². The molecule has 3 nitrogen and oxygen atoms in total. The molecule has 0 unspecified atom stereocenters. The number of hydrogen-bond acceptors (Lipinski definition) is 3. The van der Waals surface area contributed by atoms with E-state index in [2.05, 4.69) is 20.9 Å². The molecule has 0 saturated heterocycles. The molecule has 108 valence electrons. The van der Waals surface area contributed by atoms with Gasteiger partial charge in [0, 0.05) is 6.20 Å². The van der Waals surface area contributed by atoms with Crippen molar-refractivity contribution in [1.82, 2.24) is 9.38 Å². The van der Waals surface area contributed by atoms with Crippen molar-refractivity contribution in [2.45, 2.75) is 18.1 Å². The van der Waals surface area contributed by atoms with Gasteiger partial charge in [0.05, 0.1) is 10.9 Å². The SMILES string of the molecule is CCSc1c(C(=O)CBr)nc2ccc(C(F)(F)F)cn12. The highest BCUT2D eigenvalue weighted by Gasteiger charge is 2.31. The van der Waals surface area contributed by atoms with Crippen LogP contribution in [0.3, 0.4) is 0 Å². The molecular weight excluding hydrogens is 357 g/mol. The predicted octanol–water partition coefficient (Wildman–Crippen LogP) is 4.04. The third-order valence-electron chi connectivity index (χ3n) is 2.57. The van der Waals surface area contributed by atoms with Crippen molar-refractivity contribution in [3.05, 3.63) is 29.6 Å². The Labute approximate surface area is 125 Å². The maximum Gasteiger partial charge on any atom is 0.417 e. The zero-order chi connectivity index (χ0) is 14.9. The number of ketones is 1. The summed E-state index contributed by atoms with van der Waals surface area (Å²) < 4.78 is 39.6. The van der Waals surface area contributed by atoms with Crippen LogP contribution in [0.5, 0.6) is 0 Å². The van der Waals surface area contributed by atoms with E-state index in [1.807, 2.05) is 6.92 Å². The van der Waals surface area contributed by atoms with Crippen molar-refractivity contribution in [3.63, 3.8) is 0 Å². The van der Waals surface area contributed by atoms with E-state index < -0.39 is 11.7 Å². The molecule has 0 saturated carbocycles. The van der Waals surface area contributed by atoms with Gasteiger partial charge in [0.25, 0.3) is 0 Å². The van der Waals surface area contributed by atoms with E-state index in [0.717, 1.165) is 12.3 Å². The third-order valence-corrected chi connectivity index (χ3v) is 4.03. The lowest BCUT2D eigenvalue weighted by molar-refractivity contribution is -0.137. The van der Waals surface area contributed by atoms with Gasteiger partial charge in [-0.25, -0.2) is 4.98 Å². The van der Waals surface area contributed by atoms with Crippen LogP contribution in [0.2, 0.25) is 0 Å². The molecule has 2 rings (SSSR count). The highest BCUT2D eigenvalue weighted by Crippen LogP contribution is 2.32. The van der Waals surface area contributed by atoms with Crippen LogP contribution in [-0.2, 0) is 6.18 Å². The summed E-state index contributed by atoms with van der Waals surface area (Å²) in [6, 6.07) is 2.23. The molecule has 0 fully saturated rings. The maximum atomic E-state index is 12.7. The first-order valence-electron chi connectivity index (χ1n) is 5.69. The Morgan fingerprint density at radius 1 is 1.45 bits per heavy atom. The topological polar surface area (TPSA) is 34.4 Å². The van der Waals surface area contributed by atoms with E-state index in [1.165, 1.54) is 22.2 Å². The predicted molar refractivity (Wildman–Crippen MR) is 74.7 cm³/mol. The van der Waals surface area contributed by atoms with Gasteiger partial charge in [0.1, 0.15) is 16.4 Å². The average molecular weight is 367 g/mol. The largest absolute Gasteiger partial charge is 0.417 e. The molecule has 2 aromatic heterocycles. The summed E-state index contributed by atoms with van der Waals surface area (Å²) in [7, 11) is 0. The van der Waals surface area contributed by atoms with Crippen molar-refractivity contribution >= 4 is 39.1 Å². The second-order valence-corrected chi connectivity index (χ2v) is 5.71. The molecule has 0 radical (unpaired) electrons. The standard InChI is InChI=1S/C12H10BrF3N2OS/c1-2-20-11-10(8(19)5-13)17-9-4-3-7(6-18(9)11)12(14,15)16/h3-4,6H,2,5H2,1H3. The molecule has 2 aromatic rings. The Morgan fingerprint density at radius 3 is 2.70 bits per heavy atom. The number of fused-ring (bicyclic) bond motifs is 1. The minimum atomic E-state index is -4.42. The smallest absolute Gasteiger partial charge is 0.293 e. The molecule has 2 heterocycles. The summed E-state index contributed by atoms with van der Waals surface area (Å²) in [5.74, 6) is 0.380. The van der Waals surface area contributed by atoms with Crippen molar-refractivity contribution < 1.29 is 18.0 Å². The summed E-state index contributed by atoms with van der Waals surface area (Å²) in [6.45, 7) is 1.86. The highest BCUT2D eigenvalue weighted by molar-refractivity contribution is 9.09. The van der Waals surface area contributed by atoms with Gasteiger partial charge in [-0.05, 0) is 17.9 Å². The molecule has 0 N–H and O–H groups in total. The van der Waals surface area contributed by atoms with Crippen LogP contribution in [0, 0.1) is 0 Å². The Hall–Kier alpha value is -1.02. The molecule has 0 atom stereocenters. The van der Waals surface area contributed by atoms with E-state index in [0.29, 0.717) is 16.4 Å². The van der Waals surface area contributed by atoms with Gasteiger partial charge in [-0.3, -0.25) is 9.20 Å². The van der Waals surface area contributed by atoms with Crippen LogP contribution in [0.25, 0.3) is 5.65 Å². The summed E-state index contributed by atoms with van der Waals surface area (Å²) in [5.41, 5.74) is -0.232. The lowest BCUT2D eigenvalue weighted by Crippen LogP contribution is -2.06. The van der Waals surface area contributed by atoms with Crippen molar-refractivity contribution in [1.29, 1.82) is 0 Å². The summed E-state index contributed by atoms with van der Waals surface area (Å²) in [6.07, 6.45) is -3.45. The van der Waals surface area contributed by atoms with Gasteiger partial charge in [-0.1, -0.05) is 22.9 Å². The lowest BCUT2D eigenvalue weighted by atomic mass is 10.3. The molecule has 0 aromatic carbocycles. The summed E-state index contributed by atoms with van der Waals surface area (Å²) in [4.78, 5) is 15.9. The number of carbonyl (C=O) groups excluding carboxylic acids is 1. The Kier molecular flexibility index (Phi) is 4.43. The van der Waals surface area contributed by atoms with Crippen LogP contribution in [0.4, 0.5) is 13.2 Å². The van der Waals surface area contributed by atoms with Crippen LogP contribution >= 0.6 is 27.7 Å². The Morgan fingerprint density at radius 2 is 2.15 bits per heavy atom. The number of nitrogens with zero attached hydrogens (tertiary/aromatic N) is 2. The number of halogens is 4. The molecule has 0 aliphatic heterocycles. The van der Waals surface area contributed by atoms with E-state index in [-0.39, 0.29) is 16.8 Å². The quantitative estimate of drug-likeness (QED) is 0.465. The lowest BCUT2D eigenvalue weighted by Gasteiger charge is -2.08. The number of thioether (sulfide) groups is 1. The van der Waals surface area contributed by atoms with Gasteiger partial charge in [-0.15, -0.1) is 11.8 Å². The van der Waals surface area contributed by atoms with Gasteiger partial charge < -0.3 is 0 Å². The second-order valence-electron chi connectivity index (χ2n) is 3.90. The average Bonchev–Trinajstić information content (AvgIpc) is 2.75. The van der Waals surface area contributed by atoms with E-state index in [4.69, 9.17) is 0 Å². The Bertz CT molecular complexity index is 654. The number of alkyl halides is 4.